The van der Waals surface area contributed by atoms with Crippen LogP contribution in [0, 0.1) is 30.6 Å². The molecule has 1 saturated carbocycles. The van der Waals surface area contributed by atoms with Crippen LogP contribution in [-0.2, 0) is 14.4 Å². The summed E-state index contributed by atoms with van der Waals surface area (Å²) in [5, 5.41) is 2.85. The number of rotatable bonds is 3. The van der Waals surface area contributed by atoms with Crippen molar-refractivity contribution in [2.75, 3.05) is 5.32 Å². The normalized spacial score (nSPS) is 31.2. The molecule has 130 valence electrons. The average molecular weight is 338 g/mol. The van der Waals surface area contributed by atoms with E-state index in [1.165, 1.54) is 4.90 Å². The van der Waals surface area contributed by atoms with Crippen LogP contribution in [0.15, 0.2) is 36.4 Å². The molecule has 3 amide bonds. The SMILES string of the molecule is Cc1ccccc1NC(=O)[C@H](C)N1C(=O)[C@@H]2[C@H](C1=O)[C@H]1C=C[C@H]2CC1. The Bertz CT molecular complexity index is 753. The summed E-state index contributed by atoms with van der Waals surface area (Å²) in [6, 6.07) is 6.67. The number of para-hydroxylation sites is 1. The number of anilines is 1. The molecule has 0 spiro atoms. The first kappa shape index (κ1) is 16.1. The van der Waals surface area contributed by atoms with Crippen molar-refractivity contribution in [1.29, 1.82) is 0 Å². The van der Waals surface area contributed by atoms with Gasteiger partial charge in [0, 0.05) is 5.69 Å². The first-order valence-corrected chi connectivity index (χ1v) is 8.91. The molecule has 1 aromatic rings. The number of amides is 3. The Labute approximate surface area is 147 Å². The number of carbonyl (C=O) groups excluding carboxylic acids is 3. The quantitative estimate of drug-likeness (QED) is 0.680. The first-order valence-electron chi connectivity index (χ1n) is 8.91. The lowest BCUT2D eigenvalue weighted by molar-refractivity contribution is -0.146. The Morgan fingerprint density at radius 3 is 2.16 bits per heavy atom. The lowest BCUT2D eigenvalue weighted by Gasteiger charge is -2.38. The zero-order valence-electron chi connectivity index (χ0n) is 14.4. The highest BCUT2D eigenvalue weighted by atomic mass is 16.2. The highest BCUT2D eigenvalue weighted by molar-refractivity contribution is 6.10. The van der Waals surface area contributed by atoms with Crippen LogP contribution in [0.1, 0.15) is 25.3 Å². The van der Waals surface area contributed by atoms with Gasteiger partial charge >= 0.3 is 0 Å². The van der Waals surface area contributed by atoms with Gasteiger partial charge in [-0.3, -0.25) is 19.3 Å². The third kappa shape index (κ3) is 2.41. The molecule has 5 heteroatoms. The van der Waals surface area contributed by atoms with Crippen molar-refractivity contribution in [2.45, 2.75) is 32.7 Å². The fraction of sp³-hybridized carbons (Fsp3) is 0.450. The van der Waals surface area contributed by atoms with Crippen molar-refractivity contribution in [2.24, 2.45) is 23.7 Å². The van der Waals surface area contributed by atoms with Gasteiger partial charge in [-0.05, 0) is 50.2 Å². The van der Waals surface area contributed by atoms with Crippen LogP contribution < -0.4 is 5.32 Å². The molecule has 1 aliphatic heterocycles. The molecule has 5 atom stereocenters. The smallest absolute Gasteiger partial charge is 0.247 e. The fourth-order valence-corrected chi connectivity index (χ4v) is 4.55. The zero-order chi connectivity index (χ0) is 17.7. The number of carbonyl (C=O) groups is 3. The van der Waals surface area contributed by atoms with Crippen LogP contribution in [0.4, 0.5) is 5.69 Å². The minimum absolute atomic E-state index is 0.142. The topological polar surface area (TPSA) is 66.5 Å². The van der Waals surface area contributed by atoms with E-state index < -0.39 is 6.04 Å². The minimum Gasteiger partial charge on any atom is -0.324 e. The van der Waals surface area contributed by atoms with E-state index in [9.17, 15) is 14.4 Å². The first-order chi connectivity index (χ1) is 12.0. The van der Waals surface area contributed by atoms with Gasteiger partial charge in [0.25, 0.3) is 0 Å². The number of aryl methyl sites for hydroxylation is 1. The number of benzene rings is 1. The summed E-state index contributed by atoms with van der Waals surface area (Å²) < 4.78 is 0. The molecule has 2 bridgehead atoms. The fourth-order valence-electron chi connectivity index (χ4n) is 4.55. The predicted molar refractivity (Wildman–Crippen MR) is 93.5 cm³/mol. The number of nitrogens with zero attached hydrogens (tertiary/aromatic N) is 1. The molecular weight excluding hydrogens is 316 g/mol. The zero-order valence-corrected chi connectivity index (χ0v) is 14.4. The summed E-state index contributed by atoms with van der Waals surface area (Å²) in [5.74, 6) is -0.945. The molecule has 2 fully saturated rings. The van der Waals surface area contributed by atoms with Gasteiger partial charge in [0.2, 0.25) is 17.7 Å². The van der Waals surface area contributed by atoms with Gasteiger partial charge in [-0.2, -0.15) is 0 Å². The van der Waals surface area contributed by atoms with Crippen molar-refractivity contribution >= 4 is 23.4 Å². The molecule has 0 unspecified atom stereocenters. The van der Waals surface area contributed by atoms with Gasteiger partial charge < -0.3 is 5.32 Å². The van der Waals surface area contributed by atoms with E-state index in [2.05, 4.69) is 17.5 Å². The minimum atomic E-state index is -0.801. The van der Waals surface area contributed by atoms with Gasteiger partial charge in [0.05, 0.1) is 11.8 Å². The Hall–Kier alpha value is -2.43. The monoisotopic (exact) mass is 338 g/mol. The molecule has 1 saturated heterocycles. The third-order valence-electron chi connectivity index (χ3n) is 5.96. The Morgan fingerprint density at radius 1 is 1.08 bits per heavy atom. The van der Waals surface area contributed by atoms with Crippen molar-refractivity contribution in [3.63, 3.8) is 0 Å². The van der Waals surface area contributed by atoms with Gasteiger partial charge in [-0.25, -0.2) is 0 Å². The maximum atomic E-state index is 12.9. The second kappa shape index (κ2) is 5.83. The van der Waals surface area contributed by atoms with Gasteiger partial charge in [0.1, 0.15) is 6.04 Å². The van der Waals surface area contributed by atoms with E-state index in [0.717, 1.165) is 18.4 Å². The Morgan fingerprint density at radius 2 is 1.64 bits per heavy atom. The molecule has 5 nitrogen and oxygen atoms in total. The Balaban J connectivity index is 1.55. The standard InChI is InChI=1S/C20H22N2O3/c1-11-5-3-4-6-15(11)21-18(23)12(2)22-19(24)16-13-7-8-14(10-9-13)17(16)20(22)25/h3-8,12-14,16-17H,9-10H2,1-2H3,(H,21,23)/t12-,13-,14-,16-,17+/m0/s1. The van der Waals surface area contributed by atoms with E-state index in [0.29, 0.717) is 5.69 Å². The van der Waals surface area contributed by atoms with Crippen molar-refractivity contribution in [3.05, 3.63) is 42.0 Å². The number of likely N-dealkylation sites (tertiary alicyclic amines) is 1. The molecule has 1 heterocycles. The second-order valence-electron chi connectivity index (χ2n) is 7.37. The van der Waals surface area contributed by atoms with Crippen LogP contribution in [0.5, 0.6) is 0 Å². The van der Waals surface area contributed by atoms with Gasteiger partial charge in [0.15, 0.2) is 0 Å². The van der Waals surface area contributed by atoms with Gasteiger partial charge in [-0.1, -0.05) is 30.4 Å². The van der Waals surface area contributed by atoms with E-state index in [-0.39, 0.29) is 41.4 Å². The number of hydrogen-bond acceptors (Lipinski definition) is 3. The summed E-state index contributed by atoms with van der Waals surface area (Å²) in [6.07, 6.45) is 6.09. The average Bonchev–Trinajstić information content (AvgIpc) is 2.90. The molecule has 5 rings (SSSR count). The van der Waals surface area contributed by atoms with Crippen molar-refractivity contribution in [1.82, 2.24) is 4.90 Å². The molecule has 0 radical (unpaired) electrons. The summed E-state index contributed by atoms with van der Waals surface area (Å²) in [4.78, 5) is 39.7. The third-order valence-corrected chi connectivity index (χ3v) is 5.96. The van der Waals surface area contributed by atoms with Crippen molar-refractivity contribution < 1.29 is 14.4 Å². The molecule has 25 heavy (non-hydrogen) atoms. The molecule has 1 aromatic carbocycles. The molecule has 0 aromatic heterocycles. The Kier molecular flexibility index (Phi) is 3.74. The molecule has 3 aliphatic carbocycles. The van der Waals surface area contributed by atoms with E-state index in [1.54, 1.807) is 6.92 Å². The van der Waals surface area contributed by atoms with Crippen molar-refractivity contribution in [3.8, 4) is 0 Å². The predicted octanol–water partition coefficient (Wildman–Crippen LogP) is 2.52. The number of allylic oxidation sites excluding steroid dienone is 2. The van der Waals surface area contributed by atoms with E-state index in [4.69, 9.17) is 0 Å². The number of hydrogen-bond donors (Lipinski definition) is 1. The van der Waals surface area contributed by atoms with E-state index >= 15 is 0 Å². The summed E-state index contributed by atoms with van der Waals surface area (Å²) in [7, 11) is 0. The molecule has 4 aliphatic rings. The number of fused-ring (bicyclic) bond motifs is 1. The van der Waals surface area contributed by atoms with Crippen LogP contribution in [-0.4, -0.2) is 28.7 Å². The number of nitrogens with one attached hydrogen (secondary N) is 1. The highest BCUT2D eigenvalue weighted by Gasteiger charge is 2.58. The summed E-state index contributed by atoms with van der Waals surface area (Å²) in [5.41, 5.74) is 1.65. The second-order valence-corrected chi connectivity index (χ2v) is 7.37. The van der Waals surface area contributed by atoms with Gasteiger partial charge in [-0.15, -0.1) is 0 Å². The molecule has 1 N–H and O–H groups in total. The van der Waals surface area contributed by atoms with E-state index in [1.807, 2.05) is 31.2 Å². The number of imide groups is 1. The van der Waals surface area contributed by atoms with Crippen LogP contribution in [0.2, 0.25) is 0 Å². The maximum absolute atomic E-state index is 12.9. The van der Waals surface area contributed by atoms with Crippen LogP contribution in [0.3, 0.4) is 0 Å². The largest absolute Gasteiger partial charge is 0.324 e. The molecular formula is C20H22N2O3. The summed E-state index contributed by atoms with van der Waals surface area (Å²) >= 11 is 0. The lowest BCUT2D eigenvalue weighted by Crippen LogP contribution is -2.46. The maximum Gasteiger partial charge on any atom is 0.247 e. The highest BCUT2D eigenvalue weighted by Crippen LogP contribution is 2.49. The van der Waals surface area contributed by atoms with Crippen LogP contribution >= 0.6 is 0 Å². The van der Waals surface area contributed by atoms with Crippen LogP contribution in [0.25, 0.3) is 0 Å². The lowest BCUT2D eigenvalue weighted by atomic mass is 9.63. The summed E-state index contributed by atoms with van der Waals surface area (Å²) in [6.45, 7) is 3.54.